The summed E-state index contributed by atoms with van der Waals surface area (Å²) >= 11 is 0. The van der Waals surface area contributed by atoms with E-state index in [-0.39, 0.29) is 24.7 Å². The molecule has 8 heteroatoms. The van der Waals surface area contributed by atoms with Crippen LogP contribution < -0.4 is 4.74 Å². The van der Waals surface area contributed by atoms with Crippen LogP contribution in [-0.2, 0) is 21.2 Å². The molecule has 1 saturated heterocycles. The van der Waals surface area contributed by atoms with Gasteiger partial charge in [-0.25, -0.2) is 12.7 Å². The van der Waals surface area contributed by atoms with Gasteiger partial charge in [0.25, 0.3) is 0 Å². The highest BCUT2D eigenvalue weighted by Gasteiger charge is 2.37. The minimum atomic E-state index is -3.41. The second-order valence-electron chi connectivity index (χ2n) is 6.99. The molecule has 1 heterocycles. The van der Waals surface area contributed by atoms with Crippen molar-refractivity contribution in [3.8, 4) is 5.75 Å². The van der Waals surface area contributed by atoms with E-state index < -0.39 is 22.0 Å². The lowest BCUT2D eigenvalue weighted by Gasteiger charge is -2.18. The van der Waals surface area contributed by atoms with Crippen molar-refractivity contribution in [2.24, 2.45) is 5.92 Å². The molecule has 1 aliphatic heterocycles. The number of sulfonamides is 1. The van der Waals surface area contributed by atoms with Gasteiger partial charge >= 0.3 is 0 Å². The molecular weight excluding hydrogens is 356 g/mol. The number of rotatable bonds is 7. The molecule has 1 aliphatic rings. The van der Waals surface area contributed by atoms with Crippen molar-refractivity contribution in [1.29, 1.82) is 0 Å². The Morgan fingerprint density at radius 1 is 1.35 bits per heavy atom. The number of aliphatic hydroxyl groups is 1. The highest BCUT2D eigenvalue weighted by atomic mass is 32.2. The van der Waals surface area contributed by atoms with Gasteiger partial charge in [0.2, 0.25) is 15.9 Å². The van der Waals surface area contributed by atoms with Crippen LogP contribution in [0.5, 0.6) is 5.75 Å². The Balaban J connectivity index is 1.92. The van der Waals surface area contributed by atoms with Crippen LogP contribution in [0.4, 0.5) is 0 Å². The molecule has 0 aliphatic carbocycles. The topological polar surface area (TPSA) is 87.1 Å². The van der Waals surface area contributed by atoms with E-state index in [0.717, 1.165) is 21.2 Å². The third-order valence-electron chi connectivity index (χ3n) is 4.84. The highest BCUT2D eigenvalue weighted by molar-refractivity contribution is 7.89. The Bertz CT molecular complexity index is 748. The first-order chi connectivity index (χ1) is 12.1. The van der Waals surface area contributed by atoms with Crippen LogP contribution in [0.2, 0.25) is 0 Å². The normalized spacial score (nSPS) is 20.6. The fraction of sp³-hybridized carbons (Fsp3) is 0.611. The molecule has 2 rings (SSSR count). The van der Waals surface area contributed by atoms with Gasteiger partial charge in [0.1, 0.15) is 5.75 Å². The predicted molar refractivity (Wildman–Crippen MR) is 99.6 cm³/mol. The molecule has 1 aromatic rings. The van der Waals surface area contributed by atoms with Gasteiger partial charge in [0, 0.05) is 39.5 Å². The average Bonchev–Trinajstić information content (AvgIpc) is 2.94. The first-order valence-corrected chi connectivity index (χ1v) is 10.2. The molecule has 1 N–H and O–H groups in total. The Morgan fingerprint density at radius 2 is 2.04 bits per heavy atom. The van der Waals surface area contributed by atoms with E-state index in [2.05, 4.69) is 0 Å². The van der Waals surface area contributed by atoms with Crippen LogP contribution in [0.1, 0.15) is 17.5 Å². The molecule has 0 spiro atoms. The van der Waals surface area contributed by atoms with Gasteiger partial charge in [0.05, 0.1) is 19.0 Å². The van der Waals surface area contributed by atoms with E-state index in [9.17, 15) is 18.3 Å². The molecule has 1 aromatic carbocycles. The number of ether oxygens (including phenoxy) is 1. The summed E-state index contributed by atoms with van der Waals surface area (Å²) in [6.07, 6.45) is 0.0718. The standard InChI is InChI=1S/C18H28N2O5S/c1-13-5-6-14(9-17(13)25-4)7-8-18(22)20-10-15(16(21)11-20)12-26(23,24)19(2)3/h5-6,9,15-16,21H,7-8,10-12H2,1-4H3. The number of nitrogens with zero attached hydrogens (tertiary/aromatic N) is 2. The number of likely N-dealkylation sites (tertiary alicyclic amines) is 1. The third kappa shape index (κ3) is 4.96. The van der Waals surface area contributed by atoms with E-state index in [1.807, 2.05) is 25.1 Å². The lowest BCUT2D eigenvalue weighted by molar-refractivity contribution is -0.130. The smallest absolute Gasteiger partial charge is 0.223 e. The third-order valence-corrected chi connectivity index (χ3v) is 6.80. The van der Waals surface area contributed by atoms with Crippen molar-refractivity contribution < 1.29 is 23.1 Å². The SMILES string of the molecule is COc1cc(CCC(=O)N2CC(O)C(CS(=O)(=O)N(C)C)C2)ccc1C. The molecule has 0 radical (unpaired) electrons. The quantitative estimate of drug-likeness (QED) is 0.746. The van der Waals surface area contributed by atoms with Crippen LogP contribution in [-0.4, -0.2) is 74.8 Å². The molecule has 7 nitrogen and oxygen atoms in total. The molecule has 0 aromatic heterocycles. The maximum absolute atomic E-state index is 12.5. The molecule has 0 saturated carbocycles. The maximum Gasteiger partial charge on any atom is 0.223 e. The fourth-order valence-corrected chi connectivity index (χ4v) is 4.24. The molecule has 26 heavy (non-hydrogen) atoms. The summed E-state index contributed by atoms with van der Waals surface area (Å²) in [7, 11) is 1.14. The van der Waals surface area contributed by atoms with Gasteiger partial charge in [0.15, 0.2) is 0 Å². The second-order valence-corrected chi connectivity index (χ2v) is 9.22. The van der Waals surface area contributed by atoms with E-state index in [1.54, 1.807) is 12.0 Å². The Hall–Kier alpha value is -1.64. The number of β-amino-alcohol motifs (C(OH)–C–C–N with tert-alkyl or cyclic N) is 1. The summed E-state index contributed by atoms with van der Waals surface area (Å²) in [5.41, 5.74) is 2.04. The van der Waals surface area contributed by atoms with Crippen molar-refractivity contribution in [3.63, 3.8) is 0 Å². The lowest BCUT2D eigenvalue weighted by atomic mass is 10.1. The van der Waals surface area contributed by atoms with Crippen LogP contribution in [0.15, 0.2) is 18.2 Å². The van der Waals surface area contributed by atoms with Crippen molar-refractivity contribution >= 4 is 15.9 Å². The number of amides is 1. The summed E-state index contributed by atoms with van der Waals surface area (Å²) in [5.74, 6) is 0.111. The molecule has 1 amide bonds. The van der Waals surface area contributed by atoms with Crippen molar-refractivity contribution in [2.45, 2.75) is 25.9 Å². The minimum absolute atomic E-state index is 0.0756. The Morgan fingerprint density at radius 3 is 2.65 bits per heavy atom. The van der Waals surface area contributed by atoms with Crippen LogP contribution in [0.3, 0.4) is 0 Å². The maximum atomic E-state index is 12.5. The van der Waals surface area contributed by atoms with Crippen LogP contribution >= 0.6 is 0 Å². The molecule has 2 atom stereocenters. The number of methoxy groups -OCH3 is 1. The first-order valence-electron chi connectivity index (χ1n) is 8.63. The minimum Gasteiger partial charge on any atom is -0.496 e. The number of aliphatic hydroxyl groups excluding tert-OH is 1. The van der Waals surface area contributed by atoms with Crippen LogP contribution in [0.25, 0.3) is 0 Å². The van der Waals surface area contributed by atoms with E-state index in [4.69, 9.17) is 4.74 Å². The van der Waals surface area contributed by atoms with Gasteiger partial charge in [-0.05, 0) is 30.5 Å². The number of aryl methyl sites for hydroxylation is 2. The van der Waals surface area contributed by atoms with Gasteiger partial charge in [-0.15, -0.1) is 0 Å². The largest absolute Gasteiger partial charge is 0.496 e. The van der Waals surface area contributed by atoms with Gasteiger partial charge < -0.3 is 14.7 Å². The van der Waals surface area contributed by atoms with Gasteiger partial charge in [-0.2, -0.15) is 0 Å². The molecule has 146 valence electrons. The molecular formula is C18H28N2O5S. The van der Waals surface area contributed by atoms with Gasteiger partial charge in [-0.3, -0.25) is 4.79 Å². The zero-order valence-corrected chi connectivity index (χ0v) is 16.6. The summed E-state index contributed by atoms with van der Waals surface area (Å²) in [4.78, 5) is 14.0. The zero-order chi connectivity index (χ0) is 19.5. The lowest BCUT2D eigenvalue weighted by Crippen LogP contribution is -2.33. The molecule has 0 bridgehead atoms. The monoisotopic (exact) mass is 384 g/mol. The van der Waals surface area contributed by atoms with Crippen molar-refractivity contribution in [2.75, 3.05) is 40.0 Å². The van der Waals surface area contributed by atoms with Crippen molar-refractivity contribution in [3.05, 3.63) is 29.3 Å². The highest BCUT2D eigenvalue weighted by Crippen LogP contribution is 2.23. The van der Waals surface area contributed by atoms with Crippen molar-refractivity contribution in [1.82, 2.24) is 9.21 Å². The second kappa shape index (κ2) is 8.37. The Kier molecular flexibility index (Phi) is 6.65. The molecule has 2 unspecified atom stereocenters. The molecule has 1 fully saturated rings. The Labute approximate surface area is 155 Å². The van der Waals surface area contributed by atoms with E-state index in [0.29, 0.717) is 12.8 Å². The van der Waals surface area contributed by atoms with E-state index >= 15 is 0 Å². The number of carbonyl (C=O) groups is 1. The van der Waals surface area contributed by atoms with Gasteiger partial charge in [-0.1, -0.05) is 12.1 Å². The van der Waals surface area contributed by atoms with Crippen LogP contribution in [0, 0.1) is 12.8 Å². The number of hydrogen-bond donors (Lipinski definition) is 1. The predicted octanol–water partition coefficient (Wildman–Crippen LogP) is 0.647. The van der Waals surface area contributed by atoms with E-state index in [1.165, 1.54) is 14.1 Å². The fourth-order valence-electron chi connectivity index (χ4n) is 3.07. The average molecular weight is 384 g/mol. The number of benzene rings is 1. The zero-order valence-electron chi connectivity index (χ0n) is 15.8. The summed E-state index contributed by atoms with van der Waals surface area (Å²) in [6, 6.07) is 5.85. The number of hydrogen-bond acceptors (Lipinski definition) is 5. The number of carbonyl (C=O) groups excluding carboxylic acids is 1. The first kappa shape index (κ1) is 20.7. The summed E-state index contributed by atoms with van der Waals surface area (Å²) in [5, 5.41) is 10.1. The summed E-state index contributed by atoms with van der Waals surface area (Å²) < 4.78 is 30.5. The summed E-state index contributed by atoms with van der Waals surface area (Å²) in [6.45, 7) is 2.41.